The average Bonchev–Trinajstić information content (AvgIpc) is 1.37. The molecule has 0 saturated carbocycles. The van der Waals surface area contributed by atoms with Crippen molar-refractivity contribution in [1.29, 1.82) is 0 Å². The van der Waals surface area contributed by atoms with E-state index in [4.69, 9.17) is 0 Å². The van der Waals surface area contributed by atoms with E-state index in [-0.39, 0.29) is 0 Å². The van der Waals surface area contributed by atoms with Crippen molar-refractivity contribution in [3.8, 4) is 0 Å². The second-order valence-electron chi connectivity index (χ2n) is 0.469. The van der Waals surface area contributed by atoms with E-state index in [0.29, 0.717) is 0 Å². The third-order valence-corrected chi connectivity index (χ3v) is 0.707. The molecule has 0 N–H and O–H groups in total. The summed E-state index contributed by atoms with van der Waals surface area (Å²) in [6.07, 6.45) is 1.94. The summed E-state index contributed by atoms with van der Waals surface area (Å²) in [6.45, 7) is 1.97. The molecule has 0 heterocycles. The van der Waals surface area contributed by atoms with Gasteiger partial charge >= 0.3 is 34.0 Å². The third-order valence-electron chi connectivity index (χ3n) is 0.136. The van der Waals surface area contributed by atoms with Crippen LogP contribution in [0.25, 0.3) is 0 Å². The zero-order valence-corrected chi connectivity index (χ0v) is 4.28. The number of hydrogen-bond donors (Lipinski definition) is 0. The van der Waals surface area contributed by atoms with E-state index in [2.05, 4.69) is 16.0 Å². The molecular formula is C3H5Se. The number of hydrogen-bond acceptors (Lipinski definition) is 0. The molecule has 0 nitrogen and oxygen atoms in total. The van der Waals surface area contributed by atoms with Crippen LogP contribution in [0.3, 0.4) is 0 Å². The normalized spacial score (nSPS) is 9.25. The van der Waals surface area contributed by atoms with Crippen LogP contribution in [0.5, 0.6) is 0 Å². The van der Waals surface area contributed by atoms with Crippen LogP contribution < -0.4 is 0 Å². The Bertz CT molecular complexity index is 18.5. The van der Waals surface area contributed by atoms with Gasteiger partial charge in [0.05, 0.1) is 0 Å². The molecular weight excluding hydrogens is 115 g/mol. The van der Waals surface area contributed by atoms with Gasteiger partial charge in [-0.15, -0.1) is 0 Å². The SMILES string of the molecule is C/C=C/[Se]. The molecule has 0 aromatic carbocycles. The Morgan fingerprint density at radius 3 is 2.00 bits per heavy atom. The maximum absolute atomic E-state index is 2.71. The molecule has 0 spiro atoms. The molecule has 0 aliphatic rings. The Labute approximate surface area is 34.7 Å². The topological polar surface area (TPSA) is 0 Å². The van der Waals surface area contributed by atoms with Crippen LogP contribution in [0.15, 0.2) is 11.1 Å². The van der Waals surface area contributed by atoms with Crippen molar-refractivity contribution in [3.05, 3.63) is 11.1 Å². The van der Waals surface area contributed by atoms with Gasteiger partial charge in [0.1, 0.15) is 0 Å². The van der Waals surface area contributed by atoms with Gasteiger partial charge in [-0.05, 0) is 0 Å². The molecule has 0 fully saturated rings. The number of rotatable bonds is 0. The predicted octanol–water partition coefficient (Wildman–Crippen LogP) is 0.689. The fraction of sp³-hybridized carbons (Fsp3) is 0.333. The van der Waals surface area contributed by atoms with Gasteiger partial charge in [0.2, 0.25) is 0 Å². The zero-order chi connectivity index (χ0) is 3.41. The Kier molecular flexibility index (Phi) is 3.47. The summed E-state index contributed by atoms with van der Waals surface area (Å²) in [6, 6.07) is 0. The van der Waals surface area contributed by atoms with Gasteiger partial charge in [-0.25, -0.2) is 0 Å². The number of allylic oxidation sites excluding steroid dienone is 1. The van der Waals surface area contributed by atoms with Gasteiger partial charge in [0, 0.05) is 0 Å². The molecule has 0 aliphatic carbocycles. The molecule has 0 aliphatic heterocycles. The van der Waals surface area contributed by atoms with E-state index in [1.54, 1.807) is 0 Å². The molecule has 0 bridgehead atoms. The molecule has 0 saturated heterocycles. The zero-order valence-electron chi connectivity index (χ0n) is 2.56. The van der Waals surface area contributed by atoms with Crippen molar-refractivity contribution in [3.63, 3.8) is 0 Å². The van der Waals surface area contributed by atoms with Gasteiger partial charge in [0.25, 0.3) is 0 Å². The van der Waals surface area contributed by atoms with E-state index in [1.165, 1.54) is 0 Å². The molecule has 23 valence electrons. The summed E-state index contributed by atoms with van der Waals surface area (Å²) >= 11 is 2.71. The van der Waals surface area contributed by atoms with E-state index >= 15 is 0 Å². The Morgan fingerprint density at radius 1 is 1.75 bits per heavy atom. The molecule has 0 amide bonds. The standard InChI is InChI=1S/C3H5Se/c1-2-3-4/h2-3H,1H3/b3-2+. The molecule has 0 unspecified atom stereocenters. The third kappa shape index (κ3) is 2.26. The Balaban J connectivity index is 2.55. The fourth-order valence-electron chi connectivity index (χ4n) is 0. The fourth-order valence-corrected chi connectivity index (χ4v) is 0. The van der Waals surface area contributed by atoms with Gasteiger partial charge in [-0.3, -0.25) is 0 Å². The summed E-state index contributed by atoms with van der Waals surface area (Å²) in [5, 5.41) is 0. The van der Waals surface area contributed by atoms with Crippen molar-refractivity contribution in [1.82, 2.24) is 0 Å². The van der Waals surface area contributed by atoms with Crippen LogP contribution in [0.4, 0.5) is 0 Å². The molecule has 0 atom stereocenters. The van der Waals surface area contributed by atoms with Crippen molar-refractivity contribution >= 4 is 16.0 Å². The first-order valence-corrected chi connectivity index (χ1v) is 2.14. The van der Waals surface area contributed by atoms with Crippen LogP contribution >= 0.6 is 0 Å². The molecule has 0 rings (SSSR count). The van der Waals surface area contributed by atoms with E-state index in [1.807, 2.05) is 18.0 Å². The van der Waals surface area contributed by atoms with Crippen LogP contribution in [0.1, 0.15) is 6.92 Å². The Morgan fingerprint density at radius 2 is 2.00 bits per heavy atom. The minimum absolute atomic E-state index is 1.88. The first-order chi connectivity index (χ1) is 1.91. The van der Waals surface area contributed by atoms with E-state index < -0.39 is 0 Å². The van der Waals surface area contributed by atoms with Crippen molar-refractivity contribution < 1.29 is 0 Å². The molecule has 4 heavy (non-hydrogen) atoms. The first-order valence-electron chi connectivity index (χ1n) is 1.15. The summed E-state index contributed by atoms with van der Waals surface area (Å²) in [5.41, 5.74) is 0. The van der Waals surface area contributed by atoms with Gasteiger partial charge < -0.3 is 0 Å². The summed E-state index contributed by atoms with van der Waals surface area (Å²) in [5.74, 6) is 0. The van der Waals surface area contributed by atoms with Crippen LogP contribution in [-0.2, 0) is 0 Å². The minimum atomic E-state index is 1.88. The monoisotopic (exact) mass is 121 g/mol. The summed E-state index contributed by atoms with van der Waals surface area (Å²) < 4.78 is 0. The van der Waals surface area contributed by atoms with E-state index in [9.17, 15) is 0 Å². The average molecular weight is 120 g/mol. The second-order valence-corrected chi connectivity index (χ2v) is 1.04. The summed E-state index contributed by atoms with van der Waals surface area (Å²) in [4.78, 5) is 1.88. The van der Waals surface area contributed by atoms with Crippen LogP contribution in [0.2, 0.25) is 0 Å². The molecule has 1 radical (unpaired) electrons. The van der Waals surface area contributed by atoms with Gasteiger partial charge in [-0.1, -0.05) is 0 Å². The van der Waals surface area contributed by atoms with Gasteiger partial charge in [-0.2, -0.15) is 0 Å². The van der Waals surface area contributed by atoms with E-state index in [0.717, 1.165) is 0 Å². The second kappa shape index (κ2) is 3.26. The van der Waals surface area contributed by atoms with Crippen molar-refractivity contribution in [2.75, 3.05) is 0 Å². The first kappa shape index (κ1) is 4.26. The maximum atomic E-state index is 2.71. The van der Waals surface area contributed by atoms with Crippen molar-refractivity contribution in [2.45, 2.75) is 6.92 Å². The molecule has 0 aromatic rings. The predicted molar refractivity (Wildman–Crippen MR) is 20.6 cm³/mol. The molecule has 1 heteroatoms. The quantitative estimate of drug-likeness (QED) is 0.412. The van der Waals surface area contributed by atoms with Gasteiger partial charge in [0.15, 0.2) is 0 Å². The summed E-state index contributed by atoms with van der Waals surface area (Å²) in [7, 11) is 0. The van der Waals surface area contributed by atoms with Crippen molar-refractivity contribution in [2.24, 2.45) is 0 Å². The Hall–Kier alpha value is 0.259. The molecule has 0 aromatic heterocycles. The van der Waals surface area contributed by atoms with Crippen LogP contribution in [-0.4, -0.2) is 16.0 Å². The van der Waals surface area contributed by atoms with Crippen LogP contribution in [0, 0.1) is 0 Å².